The van der Waals surface area contributed by atoms with Gasteiger partial charge in [-0.05, 0) is 42.0 Å². The van der Waals surface area contributed by atoms with Gasteiger partial charge in [-0.3, -0.25) is 14.4 Å². The molecule has 198 valence electrons. The van der Waals surface area contributed by atoms with Gasteiger partial charge in [0, 0.05) is 35.3 Å². The lowest BCUT2D eigenvalue weighted by molar-refractivity contribution is -0.117. The average Bonchev–Trinajstić information content (AvgIpc) is 3.41. The Morgan fingerprint density at radius 2 is 1.92 bits per heavy atom. The van der Waals surface area contributed by atoms with Gasteiger partial charge in [0.15, 0.2) is 5.82 Å². The molecule has 38 heavy (non-hydrogen) atoms. The van der Waals surface area contributed by atoms with Gasteiger partial charge >= 0.3 is 0 Å². The number of aromatic nitrogens is 2. The molecule has 4 aromatic rings. The summed E-state index contributed by atoms with van der Waals surface area (Å²) in [5, 5.41) is 3.86. The van der Waals surface area contributed by atoms with E-state index in [4.69, 9.17) is 21.1 Å². The Kier molecular flexibility index (Phi) is 7.83. The molecular formula is C25H22ClFN4O6S. The van der Waals surface area contributed by atoms with Crippen molar-refractivity contribution in [3.63, 3.8) is 0 Å². The van der Waals surface area contributed by atoms with Crippen molar-refractivity contribution in [2.75, 3.05) is 23.8 Å². The van der Waals surface area contributed by atoms with E-state index in [1.165, 1.54) is 44.7 Å². The Balaban J connectivity index is 1.75. The topological polar surface area (TPSA) is 124 Å². The smallest absolute Gasteiger partial charge is 0.264 e. The molecule has 4 rings (SSSR count). The van der Waals surface area contributed by atoms with E-state index in [0.717, 1.165) is 17.2 Å². The zero-order valence-electron chi connectivity index (χ0n) is 20.4. The number of carbonyl (C=O) groups is 1. The van der Waals surface area contributed by atoms with Crippen molar-refractivity contribution >= 4 is 44.9 Å². The fraction of sp³-hybridized carbons (Fsp3) is 0.160. The number of halogens is 2. The summed E-state index contributed by atoms with van der Waals surface area (Å²) in [5.41, 5.74) is 0.694. The monoisotopic (exact) mass is 560 g/mol. The fourth-order valence-corrected chi connectivity index (χ4v) is 4.77. The van der Waals surface area contributed by atoms with E-state index in [1.807, 2.05) is 0 Å². The Bertz CT molecular complexity index is 1560. The second kappa shape index (κ2) is 11.1. The van der Waals surface area contributed by atoms with Gasteiger partial charge in [-0.15, -0.1) is 0 Å². The third kappa shape index (κ3) is 5.55. The highest BCUT2D eigenvalue weighted by molar-refractivity contribution is 7.92. The largest absolute Gasteiger partial charge is 0.497 e. The average molecular weight is 561 g/mol. The molecule has 2 aromatic heterocycles. The number of anilines is 3. The second-order valence-electron chi connectivity index (χ2n) is 7.81. The second-order valence-corrected chi connectivity index (χ2v) is 9.93. The lowest BCUT2D eigenvalue weighted by atomic mass is 10.0. The molecule has 0 radical (unpaired) electrons. The van der Waals surface area contributed by atoms with Gasteiger partial charge in [0.05, 0.1) is 19.9 Å². The van der Waals surface area contributed by atoms with Crippen LogP contribution in [0.4, 0.5) is 21.7 Å². The van der Waals surface area contributed by atoms with Crippen LogP contribution < -0.4 is 19.1 Å². The Labute approximate surface area is 223 Å². The maximum absolute atomic E-state index is 15.5. The predicted octanol–water partition coefficient (Wildman–Crippen LogP) is 5.42. The third-order valence-corrected chi connectivity index (χ3v) is 6.97. The van der Waals surface area contributed by atoms with Crippen LogP contribution in [0.25, 0.3) is 11.1 Å². The van der Waals surface area contributed by atoms with Crippen LogP contribution in [0.2, 0.25) is 5.02 Å². The minimum atomic E-state index is -4.03. The molecule has 0 aliphatic carbocycles. The highest BCUT2D eigenvalue weighted by atomic mass is 35.5. The van der Waals surface area contributed by atoms with Crippen LogP contribution in [0, 0.1) is 5.82 Å². The van der Waals surface area contributed by atoms with E-state index >= 15 is 4.39 Å². The number of rotatable bonds is 9. The normalized spacial score (nSPS) is 11.2. The quantitative estimate of drug-likeness (QED) is 0.288. The standard InChI is InChI=1S/C25H22ClFN4O6S/c1-4-25(32)31(24-6-5-18(14-28-24)38(33,34)30-23-7-8-37-29-23)21-13-20(27)19(12-22(21)36-3)15-9-16(26)11-17(10-15)35-2/h5-14H,4H2,1-3H3,(H,29,30). The first-order valence-corrected chi connectivity index (χ1v) is 13.0. The lowest BCUT2D eigenvalue weighted by Crippen LogP contribution is -2.26. The first-order chi connectivity index (χ1) is 18.2. The third-order valence-electron chi connectivity index (χ3n) is 5.42. The fourth-order valence-electron chi connectivity index (χ4n) is 3.61. The van der Waals surface area contributed by atoms with Crippen LogP contribution in [0.5, 0.6) is 11.5 Å². The van der Waals surface area contributed by atoms with E-state index in [1.54, 1.807) is 25.1 Å². The summed E-state index contributed by atoms with van der Waals surface area (Å²) in [4.78, 5) is 18.1. The minimum absolute atomic E-state index is 0.00510. The first-order valence-electron chi connectivity index (χ1n) is 11.1. The maximum atomic E-state index is 15.5. The molecule has 13 heteroatoms. The van der Waals surface area contributed by atoms with E-state index in [0.29, 0.717) is 16.3 Å². The van der Waals surface area contributed by atoms with Crippen LogP contribution in [-0.2, 0) is 14.8 Å². The van der Waals surface area contributed by atoms with Gasteiger partial charge in [-0.1, -0.05) is 23.7 Å². The number of hydrogen-bond donors (Lipinski definition) is 1. The summed E-state index contributed by atoms with van der Waals surface area (Å²) < 4.78 is 58.3. The molecule has 0 spiro atoms. The molecular weight excluding hydrogens is 539 g/mol. The first kappa shape index (κ1) is 26.9. The van der Waals surface area contributed by atoms with Gasteiger partial charge in [0.2, 0.25) is 5.91 Å². The van der Waals surface area contributed by atoms with Gasteiger partial charge in [0.25, 0.3) is 10.0 Å². The lowest BCUT2D eigenvalue weighted by Gasteiger charge is -2.24. The van der Waals surface area contributed by atoms with E-state index < -0.39 is 21.7 Å². The van der Waals surface area contributed by atoms with Crippen molar-refractivity contribution in [3.05, 3.63) is 71.8 Å². The molecule has 0 aliphatic heterocycles. The molecule has 2 heterocycles. The van der Waals surface area contributed by atoms with Crippen molar-refractivity contribution in [2.24, 2.45) is 0 Å². The van der Waals surface area contributed by atoms with Crippen LogP contribution in [0.1, 0.15) is 13.3 Å². The molecule has 0 unspecified atom stereocenters. The molecule has 0 fully saturated rings. The highest BCUT2D eigenvalue weighted by Crippen LogP contribution is 2.40. The van der Waals surface area contributed by atoms with Crippen LogP contribution >= 0.6 is 11.6 Å². The van der Waals surface area contributed by atoms with Crippen LogP contribution in [0.3, 0.4) is 0 Å². The van der Waals surface area contributed by atoms with Crippen LogP contribution in [0.15, 0.2) is 70.4 Å². The van der Waals surface area contributed by atoms with Crippen molar-refractivity contribution in [3.8, 4) is 22.6 Å². The number of carbonyl (C=O) groups excluding carboxylic acids is 1. The van der Waals surface area contributed by atoms with Crippen molar-refractivity contribution in [1.29, 1.82) is 0 Å². The number of nitrogens with zero attached hydrogens (tertiary/aromatic N) is 3. The summed E-state index contributed by atoms with van der Waals surface area (Å²) in [6.07, 6.45) is 2.34. The van der Waals surface area contributed by atoms with Gasteiger partial charge in [-0.2, -0.15) is 0 Å². The maximum Gasteiger partial charge on any atom is 0.264 e. The number of benzene rings is 2. The number of ether oxygens (including phenoxy) is 2. The molecule has 1 N–H and O–H groups in total. The number of sulfonamides is 1. The van der Waals surface area contributed by atoms with Gasteiger partial charge in [-0.25, -0.2) is 17.8 Å². The number of nitrogens with one attached hydrogen (secondary N) is 1. The van der Waals surface area contributed by atoms with Gasteiger partial charge in [0.1, 0.15) is 34.3 Å². The SMILES string of the molecule is CCC(=O)N(c1ccc(S(=O)(=O)Nc2ccon2)cn1)c1cc(F)c(-c2cc(Cl)cc(OC)c2)cc1OC. The molecule has 0 bridgehead atoms. The Morgan fingerprint density at radius 3 is 2.53 bits per heavy atom. The molecule has 1 amide bonds. The summed E-state index contributed by atoms with van der Waals surface area (Å²) >= 11 is 6.16. The van der Waals surface area contributed by atoms with E-state index in [9.17, 15) is 13.2 Å². The molecule has 0 saturated carbocycles. The van der Waals surface area contributed by atoms with Crippen molar-refractivity contribution < 1.29 is 31.6 Å². The molecule has 2 aromatic carbocycles. The molecule has 10 nitrogen and oxygen atoms in total. The summed E-state index contributed by atoms with van der Waals surface area (Å²) in [6, 6.07) is 11.3. The predicted molar refractivity (Wildman–Crippen MR) is 139 cm³/mol. The number of amides is 1. The zero-order chi connectivity index (χ0) is 27.4. The summed E-state index contributed by atoms with van der Waals surface area (Å²) in [6.45, 7) is 1.63. The minimum Gasteiger partial charge on any atom is -0.497 e. The summed E-state index contributed by atoms with van der Waals surface area (Å²) in [5.74, 6) is -0.413. The number of methoxy groups -OCH3 is 2. The molecule has 0 aliphatic rings. The highest BCUT2D eigenvalue weighted by Gasteiger charge is 2.25. The van der Waals surface area contributed by atoms with E-state index in [-0.39, 0.29) is 40.0 Å². The van der Waals surface area contributed by atoms with Crippen LogP contribution in [-0.4, -0.2) is 38.7 Å². The number of hydrogen-bond acceptors (Lipinski definition) is 8. The van der Waals surface area contributed by atoms with Crippen molar-refractivity contribution in [1.82, 2.24) is 10.1 Å². The van der Waals surface area contributed by atoms with Gasteiger partial charge < -0.3 is 14.0 Å². The Hall–Kier alpha value is -4.16. The van der Waals surface area contributed by atoms with Crippen molar-refractivity contribution in [2.45, 2.75) is 18.2 Å². The molecule has 0 saturated heterocycles. The van der Waals surface area contributed by atoms with E-state index in [2.05, 4.69) is 19.4 Å². The Morgan fingerprint density at radius 1 is 1.13 bits per heavy atom. The zero-order valence-corrected chi connectivity index (χ0v) is 22.0. The summed E-state index contributed by atoms with van der Waals surface area (Å²) in [7, 11) is -1.17. The number of pyridine rings is 1. The molecule has 0 atom stereocenters.